The maximum Gasteiger partial charge on any atom is 0.252 e. The first-order chi connectivity index (χ1) is 7.96. The summed E-state index contributed by atoms with van der Waals surface area (Å²) in [6.45, 7) is 4.75. The van der Waals surface area contributed by atoms with Gasteiger partial charge in [-0.2, -0.15) is 0 Å². The molecule has 4 nitrogen and oxygen atoms in total. The molecule has 0 spiro atoms. The first-order valence-electron chi connectivity index (χ1n) is 5.30. The van der Waals surface area contributed by atoms with Crippen molar-refractivity contribution in [2.75, 3.05) is 13.2 Å². The van der Waals surface area contributed by atoms with E-state index in [1.807, 2.05) is 25.3 Å². The maximum absolute atomic E-state index is 11.8. The van der Waals surface area contributed by atoms with E-state index in [-0.39, 0.29) is 12.0 Å². The number of carbonyl (C=O) groups is 1. The molecule has 0 bridgehead atoms. The maximum atomic E-state index is 11.8. The first kappa shape index (κ1) is 13.3. The van der Waals surface area contributed by atoms with Crippen LogP contribution in [-0.2, 0) is 9.47 Å². The second-order valence-corrected chi connectivity index (χ2v) is 7.11. The minimum absolute atomic E-state index is 0.0579. The highest BCUT2D eigenvalue weighted by molar-refractivity contribution is 14.1. The number of ether oxygens (including phenoxy) is 2. The van der Waals surface area contributed by atoms with Crippen molar-refractivity contribution in [3.8, 4) is 0 Å². The molecule has 0 radical (unpaired) electrons. The summed E-state index contributed by atoms with van der Waals surface area (Å²) in [7, 11) is 0. The summed E-state index contributed by atoms with van der Waals surface area (Å²) in [5.41, 5.74) is 0.706. The lowest BCUT2D eigenvalue weighted by Gasteiger charge is -2.17. The number of hydrogen-bond donors (Lipinski definition) is 1. The van der Waals surface area contributed by atoms with Gasteiger partial charge in [0, 0.05) is 11.9 Å². The van der Waals surface area contributed by atoms with Crippen molar-refractivity contribution >= 4 is 39.8 Å². The number of hydrogen-bond acceptors (Lipinski definition) is 4. The topological polar surface area (TPSA) is 47.6 Å². The number of nitrogens with one attached hydrogen (secondary N) is 1. The molecule has 1 saturated heterocycles. The fourth-order valence-corrected chi connectivity index (χ4v) is 2.93. The Balaban J connectivity index is 1.81. The Morgan fingerprint density at radius 1 is 1.71 bits per heavy atom. The van der Waals surface area contributed by atoms with Gasteiger partial charge in [0.25, 0.3) is 5.91 Å². The number of carbonyl (C=O) groups excluding carboxylic acids is 1. The van der Waals surface area contributed by atoms with Gasteiger partial charge in [-0.15, -0.1) is 11.3 Å². The number of amides is 1. The van der Waals surface area contributed by atoms with E-state index >= 15 is 0 Å². The van der Waals surface area contributed by atoms with Crippen molar-refractivity contribution in [1.29, 1.82) is 0 Å². The zero-order chi connectivity index (χ0) is 12.5. The van der Waals surface area contributed by atoms with Crippen molar-refractivity contribution < 1.29 is 14.3 Å². The first-order valence-corrected chi connectivity index (χ1v) is 7.26. The molecule has 1 aromatic rings. The summed E-state index contributed by atoms with van der Waals surface area (Å²) in [5.74, 6) is -0.592. The lowest BCUT2D eigenvalue weighted by molar-refractivity contribution is -0.137. The number of halogens is 1. The molecule has 1 amide bonds. The zero-order valence-corrected chi connectivity index (χ0v) is 12.6. The van der Waals surface area contributed by atoms with E-state index in [2.05, 4.69) is 27.9 Å². The van der Waals surface area contributed by atoms with Gasteiger partial charge in [-0.05, 0) is 42.5 Å². The molecule has 0 aromatic carbocycles. The van der Waals surface area contributed by atoms with Crippen molar-refractivity contribution in [3.63, 3.8) is 0 Å². The van der Waals surface area contributed by atoms with Crippen LogP contribution in [0.25, 0.3) is 0 Å². The van der Waals surface area contributed by atoms with E-state index in [9.17, 15) is 4.79 Å². The molecule has 1 fully saturated rings. The van der Waals surface area contributed by atoms with E-state index in [1.165, 1.54) is 0 Å². The Labute approximate surface area is 118 Å². The van der Waals surface area contributed by atoms with Gasteiger partial charge >= 0.3 is 0 Å². The van der Waals surface area contributed by atoms with Gasteiger partial charge in [-0.1, -0.05) is 0 Å². The highest BCUT2D eigenvalue weighted by Gasteiger charge is 2.32. The van der Waals surface area contributed by atoms with E-state index in [1.54, 1.807) is 11.3 Å². The minimum Gasteiger partial charge on any atom is -0.349 e. The van der Waals surface area contributed by atoms with Gasteiger partial charge in [0.1, 0.15) is 6.10 Å². The van der Waals surface area contributed by atoms with Crippen LogP contribution in [0.4, 0.5) is 0 Å². The molecule has 2 heterocycles. The third-order valence-electron chi connectivity index (χ3n) is 2.39. The minimum atomic E-state index is -0.535. The van der Waals surface area contributed by atoms with Crippen LogP contribution in [0.1, 0.15) is 24.2 Å². The molecule has 1 N–H and O–H groups in total. The largest absolute Gasteiger partial charge is 0.349 e. The van der Waals surface area contributed by atoms with Crippen LogP contribution < -0.4 is 5.32 Å². The monoisotopic (exact) mass is 367 g/mol. The van der Waals surface area contributed by atoms with E-state index in [0.29, 0.717) is 18.7 Å². The average molecular weight is 367 g/mol. The number of thiophene rings is 1. The van der Waals surface area contributed by atoms with Crippen LogP contribution in [0.5, 0.6) is 0 Å². The fourth-order valence-electron chi connectivity index (χ4n) is 1.60. The van der Waals surface area contributed by atoms with Crippen molar-refractivity contribution in [1.82, 2.24) is 5.32 Å². The average Bonchev–Trinajstić information content (AvgIpc) is 2.81. The molecule has 17 heavy (non-hydrogen) atoms. The molecule has 6 heteroatoms. The van der Waals surface area contributed by atoms with E-state index in [4.69, 9.17) is 9.47 Å². The number of rotatable bonds is 3. The van der Waals surface area contributed by atoms with Crippen molar-refractivity contribution in [2.24, 2.45) is 0 Å². The summed E-state index contributed by atoms with van der Waals surface area (Å²) in [5, 5.41) is 4.71. The third-order valence-corrected chi connectivity index (χ3v) is 4.18. The Morgan fingerprint density at radius 3 is 3.00 bits per heavy atom. The third kappa shape index (κ3) is 3.64. The molecule has 0 saturated carbocycles. The molecular formula is C11H14INO3S. The van der Waals surface area contributed by atoms with E-state index in [0.717, 1.165) is 2.88 Å². The van der Waals surface area contributed by atoms with Crippen LogP contribution in [0.3, 0.4) is 0 Å². The quantitative estimate of drug-likeness (QED) is 0.834. The molecule has 1 unspecified atom stereocenters. The molecular weight excluding hydrogens is 353 g/mol. The predicted octanol–water partition coefficient (Wildman–Crippen LogP) is 2.23. The summed E-state index contributed by atoms with van der Waals surface area (Å²) in [6, 6.07) is 1.87. The van der Waals surface area contributed by atoms with Crippen LogP contribution in [0.2, 0.25) is 0 Å². The SMILES string of the molecule is CC1(C)OCC(CNC(=O)c2csc(I)c2)O1. The van der Waals surface area contributed by atoms with Gasteiger partial charge in [0.05, 0.1) is 15.1 Å². The molecule has 0 aliphatic carbocycles. The predicted molar refractivity (Wildman–Crippen MR) is 74.3 cm³/mol. The zero-order valence-electron chi connectivity index (χ0n) is 9.66. The van der Waals surface area contributed by atoms with Crippen LogP contribution in [0, 0.1) is 2.88 Å². The Bertz CT molecular complexity index is 419. The van der Waals surface area contributed by atoms with Gasteiger partial charge in [0.2, 0.25) is 0 Å². The van der Waals surface area contributed by atoms with Crippen LogP contribution >= 0.6 is 33.9 Å². The highest BCUT2D eigenvalue weighted by Crippen LogP contribution is 2.22. The molecule has 2 rings (SSSR count). The van der Waals surface area contributed by atoms with Crippen LogP contribution in [0.15, 0.2) is 11.4 Å². The smallest absolute Gasteiger partial charge is 0.252 e. The molecule has 1 aromatic heterocycles. The normalized spacial score (nSPS) is 22.6. The molecule has 1 aliphatic rings. The second-order valence-electron chi connectivity index (χ2n) is 4.30. The molecule has 94 valence electrons. The van der Waals surface area contributed by atoms with Gasteiger partial charge in [-0.3, -0.25) is 4.79 Å². The molecule has 1 atom stereocenters. The lowest BCUT2D eigenvalue weighted by Crippen LogP contribution is -2.34. The van der Waals surface area contributed by atoms with Crippen LogP contribution in [-0.4, -0.2) is 30.9 Å². The van der Waals surface area contributed by atoms with Gasteiger partial charge in [0.15, 0.2) is 5.79 Å². The van der Waals surface area contributed by atoms with Gasteiger partial charge in [-0.25, -0.2) is 0 Å². The fraction of sp³-hybridized carbons (Fsp3) is 0.545. The second kappa shape index (κ2) is 5.21. The summed E-state index contributed by atoms with van der Waals surface area (Å²) in [4.78, 5) is 11.8. The summed E-state index contributed by atoms with van der Waals surface area (Å²) >= 11 is 3.76. The van der Waals surface area contributed by atoms with E-state index < -0.39 is 5.79 Å². The Kier molecular flexibility index (Phi) is 4.06. The lowest BCUT2D eigenvalue weighted by atomic mass is 10.3. The highest BCUT2D eigenvalue weighted by atomic mass is 127. The van der Waals surface area contributed by atoms with Gasteiger partial charge < -0.3 is 14.8 Å². The summed E-state index contributed by atoms with van der Waals surface area (Å²) < 4.78 is 12.1. The summed E-state index contributed by atoms with van der Waals surface area (Å²) in [6.07, 6.45) is -0.0633. The van der Waals surface area contributed by atoms with Crippen molar-refractivity contribution in [2.45, 2.75) is 25.7 Å². The molecule has 1 aliphatic heterocycles. The Hall–Kier alpha value is -0.180. The Morgan fingerprint density at radius 2 is 2.47 bits per heavy atom. The van der Waals surface area contributed by atoms with Crippen molar-refractivity contribution in [3.05, 3.63) is 19.9 Å². The standard InChI is InChI=1S/C11H14INO3S/c1-11(2)15-5-8(16-11)4-13-10(14)7-3-9(12)17-6-7/h3,6,8H,4-5H2,1-2H3,(H,13,14).